The van der Waals surface area contributed by atoms with Gasteiger partial charge in [0.25, 0.3) is 0 Å². The predicted molar refractivity (Wildman–Crippen MR) is 92.0 cm³/mol. The van der Waals surface area contributed by atoms with Crippen molar-refractivity contribution in [2.24, 2.45) is 0 Å². The molecular formula is C19H16N2O2. The van der Waals surface area contributed by atoms with Crippen LogP contribution in [-0.4, -0.2) is 9.49 Å². The summed E-state index contributed by atoms with van der Waals surface area (Å²) in [4.78, 5) is 10.3. The molecule has 4 heteroatoms. The molecule has 4 nitrogen and oxygen atoms in total. The molecule has 0 bridgehead atoms. The van der Waals surface area contributed by atoms with E-state index >= 15 is 0 Å². The zero-order valence-electron chi connectivity index (χ0n) is 12.7. The van der Waals surface area contributed by atoms with Crippen LogP contribution in [0.25, 0.3) is 23.0 Å². The number of benzene rings is 2. The van der Waals surface area contributed by atoms with Crippen LogP contribution in [-0.2, 0) is 0 Å². The van der Waals surface area contributed by atoms with Gasteiger partial charge in [-0.3, -0.25) is 10.1 Å². The molecule has 0 radical (unpaired) electrons. The van der Waals surface area contributed by atoms with Crippen molar-refractivity contribution in [3.63, 3.8) is 0 Å². The van der Waals surface area contributed by atoms with Crippen LogP contribution in [0.4, 0.5) is 0 Å². The zero-order valence-corrected chi connectivity index (χ0v) is 12.7. The van der Waals surface area contributed by atoms with Crippen molar-refractivity contribution < 1.29 is 4.92 Å². The molecule has 23 heavy (non-hydrogen) atoms. The van der Waals surface area contributed by atoms with Gasteiger partial charge in [0.2, 0.25) is 6.20 Å². The molecule has 0 spiro atoms. The summed E-state index contributed by atoms with van der Waals surface area (Å²) in [6.45, 7) is 2.00. The van der Waals surface area contributed by atoms with Crippen LogP contribution in [0.2, 0.25) is 0 Å². The third-order valence-corrected chi connectivity index (χ3v) is 3.65. The van der Waals surface area contributed by atoms with Crippen molar-refractivity contribution in [1.82, 2.24) is 4.57 Å². The van der Waals surface area contributed by atoms with Crippen LogP contribution in [0.3, 0.4) is 0 Å². The molecule has 3 rings (SSSR count). The minimum Gasteiger partial charge on any atom is -0.313 e. The van der Waals surface area contributed by atoms with Crippen LogP contribution in [0.1, 0.15) is 11.3 Å². The first-order valence-electron chi connectivity index (χ1n) is 7.31. The molecule has 0 saturated heterocycles. The third kappa shape index (κ3) is 3.06. The summed E-state index contributed by atoms with van der Waals surface area (Å²) in [5, 5.41) is 10.7. The topological polar surface area (TPSA) is 48.1 Å². The van der Waals surface area contributed by atoms with Gasteiger partial charge in [0.1, 0.15) is 0 Å². The molecule has 0 fully saturated rings. The molecule has 0 N–H and O–H groups in total. The van der Waals surface area contributed by atoms with E-state index in [4.69, 9.17) is 0 Å². The van der Waals surface area contributed by atoms with E-state index in [2.05, 4.69) is 4.57 Å². The smallest absolute Gasteiger partial charge is 0.235 e. The van der Waals surface area contributed by atoms with Gasteiger partial charge in [-0.1, -0.05) is 48.5 Å². The summed E-state index contributed by atoms with van der Waals surface area (Å²) < 4.78 is 2.12. The lowest BCUT2D eigenvalue weighted by molar-refractivity contribution is -0.400. The molecular weight excluding hydrogens is 288 g/mol. The van der Waals surface area contributed by atoms with Crippen molar-refractivity contribution in [2.75, 3.05) is 0 Å². The average molecular weight is 304 g/mol. The van der Waals surface area contributed by atoms with E-state index in [0.717, 1.165) is 34.4 Å². The Balaban J connectivity index is 2.25. The van der Waals surface area contributed by atoms with Crippen molar-refractivity contribution in [2.45, 2.75) is 6.92 Å². The van der Waals surface area contributed by atoms with Gasteiger partial charge in [0.15, 0.2) is 0 Å². The van der Waals surface area contributed by atoms with Crippen molar-refractivity contribution >= 4 is 6.08 Å². The highest BCUT2D eigenvalue weighted by Crippen LogP contribution is 2.31. The van der Waals surface area contributed by atoms with Gasteiger partial charge >= 0.3 is 0 Å². The van der Waals surface area contributed by atoms with Gasteiger partial charge in [-0.15, -0.1) is 0 Å². The SMILES string of the molecule is Cc1cc(/C=C/[N+](=O)[O-])c(-c2ccccc2)n1-c1ccccc1. The third-order valence-electron chi connectivity index (χ3n) is 3.65. The molecule has 1 aromatic heterocycles. The summed E-state index contributed by atoms with van der Waals surface area (Å²) >= 11 is 0. The van der Waals surface area contributed by atoms with E-state index in [1.807, 2.05) is 73.7 Å². The Labute approximate surface area is 134 Å². The van der Waals surface area contributed by atoms with Crippen LogP contribution in [0.5, 0.6) is 0 Å². The number of nitro groups is 1. The molecule has 3 aromatic rings. The normalized spacial score (nSPS) is 11.0. The first kappa shape index (κ1) is 14.8. The van der Waals surface area contributed by atoms with Crippen LogP contribution in [0, 0.1) is 17.0 Å². The van der Waals surface area contributed by atoms with Gasteiger partial charge < -0.3 is 4.57 Å². The first-order chi connectivity index (χ1) is 11.2. The fourth-order valence-corrected chi connectivity index (χ4v) is 2.73. The fraction of sp³-hybridized carbons (Fsp3) is 0.0526. The van der Waals surface area contributed by atoms with E-state index < -0.39 is 4.92 Å². The second-order valence-electron chi connectivity index (χ2n) is 5.23. The molecule has 0 amide bonds. The number of para-hydroxylation sites is 1. The standard InChI is InChI=1S/C19H16N2O2/c1-15-14-17(12-13-20(22)23)19(16-8-4-2-5-9-16)21(15)18-10-6-3-7-11-18/h2-14H,1H3/b13-12+. The summed E-state index contributed by atoms with van der Waals surface area (Å²) in [6, 6.07) is 21.9. The summed E-state index contributed by atoms with van der Waals surface area (Å²) in [7, 11) is 0. The van der Waals surface area contributed by atoms with E-state index in [9.17, 15) is 10.1 Å². The molecule has 114 valence electrons. The molecule has 0 aliphatic heterocycles. The van der Waals surface area contributed by atoms with Gasteiger partial charge in [0.05, 0.1) is 10.6 Å². The largest absolute Gasteiger partial charge is 0.313 e. The van der Waals surface area contributed by atoms with Crippen LogP contribution >= 0.6 is 0 Å². The fourth-order valence-electron chi connectivity index (χ4n) is 2.73. The van der Waals surface area contributed by atoms with E-state index in [-0.39, 0.29) is 0 Å². The Hall–Kier alpha value is -3.14. The number of aryl methyl sites for hydroxylation is 1. The molecule has 0 atom stereocenters. The Bertz CT molecular complexity index is 850. The highest BCUT2D eigenvalue weighted by atomic mass is 16.6. The second kappa shape index (κ2) is 6.32. The van der Waals surface area contributed by atoms with Gasteiger partial charge in [0, 0.05) is 23.0 Å². The minimum atomic E-state index is -0.441. The molecule has 1 heterocycles. The highest BCUT2D eigenvalue weighted by Gasteiger charge is 2.15. The second-order valence-corrected chi connectivity index (χ2v) is 5.23. The number of hydrogen-bond donors (Lipinski definition) is 0. The number of hydrogen-bond acceptors (Lipinski definition) is 2. The summed E-state index contributed by atoms with van der Waals surface area (Å²) in [5.74, 6) is 0. The van der Waals surface area contributed by atoms with E-state index in [1.54, 1.807) is 6.08 Å². The Morgan fingerprint density at radius 3 is 2.22 bits per heavy atom. The summed E-state index contributed by atoms with van der Waals surface area (Å²) in [5.41, 5.74) is 4.86. The highest BCUT2D eigenvalue weighted by molar-refractivity contribution is 5.75. The van der Waals surface area contributed by atoms with Crippen LogP contribution < -0.4 is 0 Å². The number of aromatic nitrogens is 1. The van der Waals surface area contributed by atoms with Crippen molar-refractivity contribution in [3.8, 4) is 16.9 Å². The maximum absolute atomic E-state index is 10.7. The Morgan fingerprint density at radius 1 is 1.00 bits per heavy atom. The van der Waals surface area contributed by atoms with Crippen molar-refractivity contribution in [3.05, 3.63) is 94.3 Å². The zero-order chi connectivity index (χ0) is 16.2. The van der Waals surface area contributed by atoms with E-state index in [1.165, 1.54) is 0 Å². The molecule has 0 aliphatic rings. The lowest BCUT2D eigenvalue weighted by Gasteiger charge is -2.13. The predicted octanol–water partition coefficient (Wildman–Crippen LogP) is 4.70. The monoisotopic (exact) mass is 304 g/mol. The van der Waals surface area contributed by atoms with Gasteiger partial charge in [-0.05, 0) is 30.7 Å². The first-order valence-corrected chi connectivity index (χ1v) is 7.31. The van der Waals surface area contributed by atoms with E-state index in [0.29, 0.717) is 0 Å². The maximum atomic E-state index is 10.7. The van der Waals surface area contributed by atoms with Gasteiger partial charge in [-0.2, -0.15) is 0 Å². The molecule has 0 saturated carbocycles. The minimum absolute atomic E-state index is 0.441. The molecule has 0 aliphatic carbocycles. The average Bonchev–Trinajstić information content (AvgIpc) is 2.91. The Morgan fingerprint density at radius 2 is 1.61 bits per heavy atom. The number of nitrogens with zero attached hydrogens (tertiary/aromatic N) is 2. The quantitative estimate of drug-likeness (QED) is 0.518. The molecule has 2 aromatic carbocycles. The summed E-state index contributed by atoms with van der Waals surface area (Å²) in [6.07, 6.45) is 2.53. The molecule has 0 unspecified atom stereocenters. The van der Waals surface area contributed by atoms with Gasteiger partial charge in [-0.25, -0.2) is 0 Å². The van der Waals surface area contributed by atoms with Crippen LogP contribution in [0.15, 0.2) is 72.9 Å². The number of rotatable bonds is 4. The Kier molecular flexibility index (Phi) is 4.06. The maximum Gasteiger partial charge on any atom is 0.235 e. The lowest BCUT2D eigenvalue weighted by Crippen LogP contribution is -1.99. The lowest BCUT2D eigenvalue weighted by atomic mass is 10.1. The van der Waals surface area contributed by atoms with Crippen molar-refractivity contribution in [1.29, 1.82) is 0 Å².